The molecule has 1 rings (SSSR count). The standard InChI is InChI=1S/C6H12O.2C2H6/c1-5-3-6(2)7-4-5;2*1-2/h5-6H,3-4H2,1-2H3;2*1-2H3. The van der Waals surface area contributed by atoms with Crippen molar-refractivity contribution in [3.63, 3.8) is 0 Å². The summed E-state index contributed by atoms with van der Waals surface area (Å²) in [6, 6.07) is 0. The molecule has 0 aromatic carbocycles. The van der Waals surface area contributed by atoms with Crippen LogP contribution in [0.3, 0.4) is 0 Å². The predicted molar refractivity (Wildman–Crippen MR) is 51.9 cm³/mol. The summed E-state index contributed by atoms with van der Waals surface area (Å²) in [5.41, 5.74) is 0. The van der Waals surface area contributed by atoms with E-state index in [0.29, 0.717) is 6.10 Å². The van der Waals surface area contributed by atoms with Crippen LogP contribution in [-0.4, -0.2) is 12.7 Å². The lowest BCUT2D eigenvalue weighted by atomic mass is 10.1. The maximum atomic E-state index is 5.27. The summed E-state index contributed by atoms with van der Waals surface area (Å²) in [6.45, 7) is 13.3. The number of ether oxygens (including phenoxy) is 1. The minimum atomic E-state index is 0.523. The number of hydrogen-bond acceptors (Lipinski definition) is 1. The van der Waals surface area contributed by atoms with Gasteiger partial charge in [-0.3, -0.25) is 0 Å². The van der Waals surface area contributed by atoms with Crippen LogP contribution >= 0.6 is 0 Å². The van der Waals surface area contributed by atoms with Crippen molar-refractivity contribution in [2.24, 2.45) is 5.92 Å². The van der Waals surface area contributed by atoms with Gasteiger partial charge in [-0.2, -0.15) is 0 Å². The van der Waals surface area contributed by atoms with Crippen molar-refractivity contribution < 1.29 is 4.74 Å². The van der Waals surface area contributed by atoms with Gasteiger partial charge in [-0.05, 0) is 19.3 Å². The third-order valence-corrected chi connectivity index (χ3v) is 1.40. The zero-order valence-electron chi connectivity index (χ0n) is 8.98. The van der Waals surface area contributed by atoms with Crippen molar-refractivity contribution in [3.8, 4) is 0 Å². The molecule has 11 heavy (non-hydrogen) atoms. The molecule has 0 N–H and O–H groups in total. The minimum Gasteiger partial charge on any atom is -0.378 e. The zero-order chi connectivity index (χ0) is 9.28. The summed E-state index contributed by atoms with van der Waals surface area (Å²) in [6.07, 6.45) is 1.77. The van der Waals surface area contributed by atoms with E-state index in [-0.39, 0.29) is 0 Å². The molecule has 0 aromatic rings. The Bertz CT molecular complexity index is 53.9. The average Bonchev–Trinajstić information content (AvgIpc) is 2.43. The van der Waals surface area contributed by atoms with Gasteiger partial charge in [0.2, 0.25) is 0 Å². The molecule has 0 aromatic heterocycles. The summed E-state index contributed by atoms with van der Waals surface area (Å²) >= 11 is 0. The van der Waals surface area contributed by atoms with Gasteiger partial charge < -0.3 is 4.74 Å². The topological polar surface area (TPSA) is 9.23 Å². The molecule has 0 spiro atoms. The van der Waals surface area contributed by atoms with E-state index in [4.69, 9.17) is 4.74 Å². The quantitative estimate of drug-likeness (QED) is 0.527. The Kier molecular flexibility index (Phi) is 12.3. The molecule has 1 heteroatoms. The Balaban J connectivity index is 0. The molecule has 1 aliphatic rings. The second-order valence-corrected chi connectivity index (χ2v) is 2.48. The zero-order valence-corrected chi connectivity index (χ0v) is 8.98. The normalized spacial score (nSPS) is 27.8. The van der Waals surface area contributed by atoms with Crippen molar-refractivity contribution in [1.82, 2.24) is 0 Å². The van der Waals surface area contributed by atoms with E-state index in [1.54, 1.807) is 0 Å². The maximum absolute atomic E-state index is 5.27. The molecule has 70 valence electrons. The first kappa shape index (κ1) is 13.5. The Labute approximate surface area is 72.1 Å². The average molecular weight is 160 g/mol. The van der Waals surface area contributed by atoms with Crippen LogP contribution in [0.15, 0.2) is 0 Å². The van der Waals surface area contributed by atoms with Gasteiger partial charge in [0.05, 0.1) is 6.10 Å². The van der Waals surface area contributed by atoms with Gasteiger partial charge in [-0.15, -0.1) is 0 Å². The van der Waals surface area contributed by atoms with Crippen LogP contribution in [0.5, 0.6) is 0 Å². The molecule has 0 bridgehead atoms. The van der Waals surface area contributed by atoms with Crippen LogP contribution in [-0.2, 0) is 4.74 Å². The van der Waals surface area contributed by atoms with E-state index in [0.717, 1.165) is 12.5 Å². The van der Waals surface area contributed by atoms with E-state index in [2.05, 4.69) is 13.8 Å². The van der Waals surface area contributed by atoms with Crippen LogP contribution < -0.4 is 0 Å². The van der Waals surface area contributed by atoms with E-state index in [1.807, 2.05) is 27.7 Å². The molecule has 1 aliphatic heterocycles. The summed E-state index contributed by atoms with van der Waals surface area (Å²) in [5.74, 6) is 0.801. The Hall–Kier alpha value is -0.0400. The fraction of sp³-hybridized carbons (Fsp3) is 1.00. The lowest BCUT2D eigenvalue weighted by molar-refractivity contribution is 0.121. The van der Waals surface area contributed by atoms with Crippen molar-refractivity contribution in [2.75, 3.05) is 6.61 Å². The van der Waals surface area contributed by atoms with Gasteiger partial charge in [-0.25, -0.2) is 0 Å². The molecule has 2 unspecified atom stereocenters. The van der Waals surface area contributed by atoms with Gasteiger partial charge >= 0.3 is 0 Å². The fourth-order valence-corrected chi connectivity index (χ4v) is 1.03. The van der Waals surface area contributed by atoms with E-state index in [1.165, 1.54) is 6.42 Å². The molecule has 1 nitrogen and oxygen atoms in total. The summed E-state index contributed by atoms with van der Waals surface area (Å²) in [7, 11) is 0. The van der Waals surface area contributed by atoms with Crippen LogP contribution in [0.1, 0.15) is 48.0 Å². The highest BCUT2D eigenvalue weighted by atomic mass is 16.5. The Morgan fingerprint density at radius 3 is 1.55 bits per heavy atom. The lowest BCUT2D eigenvalue weighted by Crippen LogP contribution is -1.94. The predicted octanol–water partition coefficient (Wildman–Crippen LogP) is 3.48. The summed E-state index contributed by atoms with van der Waals surface area (Å²) < 4.78 is 5.27. The largest absolute Gasteiger partial charge is 0.378 e. The first-order chi connectivity index (χ1) is 5.29. The lowest BCUT2D eigenvalue weighted by Gasteiger charge is -1.94. The van der Waals surface area contributed by atoms with Crippen LogP contribution in [0.25, 0.3) is 0 Å². The first-order valence-corrected chi connectivity index (χ1v) is 4.90. The first-order valence-electron chi connectivity index (χ1n) is 4.90. The van der Waals surface area contributed by atoms with Gasteiger partial charge in [0, 0.05) is 6.61 Å². The van der Waals surface area contributed by atoms with E-state index < -0.39 is 0 Å². The molecule has 1 fully saturated rings. The minimum absolute atomic E-state index is 0.523. The molecule has 0 aliphatic carbocycles. The highest BCUT2D eigenvalue weighted by Gasteiger charge is 2.16. The number of hydrogen-bond donors (Lipinski definition) is 0. The van der Waals surface area contributed by atoms with Crippen LogP contribution in [0, 0.1) is 5.92 Å². The van der Waals surface area contributed by atoms with Crippen LogP contribution in [0.4, 0.5) is 0 Å². The van der Waals surface area contributed by atoms with E-state index in [9.17, 15) is 0 Å². The fourth-order valence-electron chi connectivity index (χ4n) is 1.03. The Morgan fingerprint density at radius 2 is 1.45 bits per heavy atom. The molecule has 1 saturated heterocycles. The molecule has 1 heterocycles. The third kappa shape index (κ3) is 7.86. The number of rotatable bonds is 0. The monoisotopic (exact) mass is 160 g/mol. The Morgan fingerprint density at radius 1 is 1.00 bits per heavy atom. The smallest absolute Gasteiger partial charge is 0.0550 e. The van der Waals surface area contributed by atoms with Gasteiger partial charge in [-0.1, -0.05) is 34.6 Å². The maximum Gasteiger partial charge on any atom is 0.0550 e. The molecular formula is C10H24O. The van der Waals surface area contributed by atoms with Gasteiger partial charge in [0.25, 0.3) is 0 Å². The summed E-state index contributed by atoms with van der Waals surface area (Å²) in [4.78, 5) is 0. The third-order valence-electron chi connectivity index (χ3n) is 1.40. The molecule has 0 radical (unpaired) electrons. The molecular weight excluding hydrogens is 136 g/mol. The molecule has 0 saturated carbocycles. The summed E-state index contributed by atoms with van der Waals surface area (Å²) in [5, 5.41) is 0. The highest BCUT2D eigenvalue weighted by molar-refractivity contribution is 4.64. The molecule has 0 amide bonds. The van der Waals surface area contributed by atoms with Gasteiger partial charge in [0.15, 0.2) is 0 Å². The SMILES string of the molecule is CC.CC.CC1COC(C)C1. The highest BCUT2D eigenvalue weighted by Crippen LogP contribution is 2.16. The van der Waals surface area contributed by atoms with Gasteiger partial charge in [0.1, 0.15) is 0 Å². The van der Waals surface area contributed by atoms with Crippen molar-refractivity contribution in [1.29, 1.82) is 0 Å². The van der Waals surface area contributed by atoms with Crippen molar-refractivity contribution in [3.05, 3.63) is 0 Å². The van der Waals surface area contributed by atoms with Crippen molar-refractivity contribution >= 4 is 0 Å². The molecule has 2 atom stereocenters. The van der Waals surface area contributed by atoms with Crippen molar-refractivity contribution in [2.45, 2.75) is 54.1 Å². The second kappa shape index (κ2) is 9.96. The second-order valence-electron chi connectivity index (χ2n) is 2.48. The van der Waals surface area contributed by atoms with Crippen LogP contribution in [0.2, 0.25) is 0 Å². The van der Waals surface area contributed by atoms with E-state index >= 15 is 0 Å².